The molecule has 3 aromatic carbocycles. The molecule has 0 radical (unpaired) electrons. The number of ether oxygens (including phenoxy) is 1. The number of fused-ring (bicyclic) bond motifs is 2. The van der Waals surface area contributed by atoms with Gasteiger partial charge in [0.15, 0.2) is 11.6 Å². The Balaban J connectivity index is 1.34. The molecule has 0 fully saturated rings. The number of nitrogens with one attached hydrogen (secondary N) is 1. The Kier molecular flexibility index (Phi) is 6.99. The third kappa shape index (κ3) is 5.23. The maximum atomic E-state index is 14.7. The van der Waals surface area contributed by atoms with Gasteiger partial charge in [-0.25, -0.2) is 4.39 Å². The first-order valence-corrected chi connectivity index (χ1v) is 12.6. The molecule has 3 nitrogen and oxygen atoms in total. The Labute approximate surface area is 214 Å². The van der Waals surface area contributed by atoms with E-state index in [-0.39, 0.29) is 17.4 Å². The lowest BCUT2D eigenvalue weighted by atomic mass is 9.90. The lowest BCUT2D eigenvalue weighted by Crippen LogP contribution is -2.39. The lowest BCUT2D eigenvalue weighted by Gasteiger charge is -2.37. The molecule has 1 aliphatic carbocycles. The number of rotatable bonds is 6. The number of benzene rings is 3. The van der Waals surface area contributed by atoms with Gasteiger partial charge in [-0.05, 0) is 86.2 Å². The predicted molar refractivity (Wildman–Crippen MR) is 139 cm³/mol. The second-order valence-corrected chi connectivity index (χ2v) is 9.76. The second kappa shape index (κ2) is 10.2. The van der Waals surface area contributed by atoms with Crippen molar-refractivity contribution in [3.8, 4) is 5.75 Å². The smallest absolute Gasteiger partial charge is 0.416 e. The zero-order chi connectivity index (χ0) is 26.2. The van der Waals surface area contributed by atoms with Gasteiger partial charge in [-0.3, -0.25) is 0 Å². The summed E-state index contributed by atoms with van der Waals surface area (Å²) in [6.07, 6.45) is 2.18. The van der Waals surface area contributed by atoms with Gasteiger partial charge < -0.3 is 15.0 Å². The summed E-state index contributed by atoms with van der Waals surface area (Å²) in [7, 11) is 0. The highest BCUT2D eigenvalue weighted by Crippen LogP contribution is 2.42. The number of allylic oxidation sites excluding steroid dienone is 1. The predicted octanol–water partition coefficient (Wildman–Crippen LogP) is 7.75. The van der Waals surface area contributed by atoms with Crippen molar-refractivity contribution in [3.63, 3.8) is 0 Å². The van der Waals surface area contributed by atoms with Crippen LogP contribution in [0.4, 0.5) is 28.9 Å². The highest BCUT2D eigenvalue weighted by Gasteiger charge is 2.34. The standard InChI is InChI=1S/C30H30F4N2O/c1-19-13-14-22(17-26(19)30(32,33)34)36-18-23(37-29-27(31)11-6-12-28(29)36)15-16-35-20(2)24-10-5-8-21-7-3-4-9-25(21)24/h4-6,8-14,17,20,23,35H,3,7,15-16,18H2,1-2H3. The maximum absolute atomic E-state index is 14.7. The lowest BCUT2D eigenvalue weighted by molar-refractivity contribution is -0.138. The molecule has 3 aromatic rings. The highest BCUT2D eigenvalue weighted by atomic mass is 19.4. The molecular formula is C30H30F4N2O. The van der Waals surface area contributed by atoms with Crippen LogP contribution in [0, 0.1) is 12.7 Å². The van der Waals surface area contributed by atoms with Crippen molar-refractivity contribution < 1.29 is 22.3 Å². The van der Waals surface area contributed by atoms with E-state index in [9.17, 15) is 17.6 Å². The van der Waals surface area contributed by atoms with Gasteiger partial charge in [0.05, 0.1) is 17.8 Å². The van der Waals surface area contributed by atoms with Gasteiger partial charge >= 0.3 is 6.18 Å². The van der Waals surface area contributed by atoms with Crippen LogP contribution in [0.5, 0.6) is 5.75 Å². The molecule has 1 heterocycles. The minimum absolute atomic E-state index is 0.0724. The molecule has 0 bridgehead atoms. The summed E-state index contributed by atoms with van der Waals surface area (Å²) in [5.41, 5.74) is 4.10. The summed E-state index contributed by atoms with van der Waals surface area (Å²) in [6, 6.07) is 15.3. The minimum atomic E-state index is -4.47. The van der Waals surface area contributed by atoms with Crippen LogP contribution >= 0.6 is 0 Å². The van der Waals surface area contributed by atoms with Gasteiger partial charge in [-0.15, -0.1) is 0 Å². The molecule has 0 amide bonds. The minimum Gasteiger partial charge on any atom is -0.483 e. The molecule has 0 saturated carbocycles. The van der Waals surface area contributed by atoms with E-state index in [1.165, 1.54) is 35.7 Å². The first-order chi connectivity index (χ1) is 17.7. The Morgan fingerprint density at radius 2 is 1.92 bits per heavy atom. The average Bonchev–Trinajstić information content (AvgIpc) is 2.88. The Morgan fingerprint density at radius 1 is 1.11 bits per heavy atom. The van der Waals surface area contributed by atoms with Crippen molar-refractivity contribution in [2.75, 3.05) is 18.0 Å². The van der Waals surface area contributed by atoms with E-state index in [1.54, 1.807) is 23.1 Å². The van der Waals surface area contributed by atoms with Gasteiger partial charge in [-0.2, -0.15) is 13.2 Å². The van der Waals surface area contributed by atoms with Gasteiger partial charge in [0.1, 0.15) is 6.10 Å². The van der Waals surface area contributed by atoms with Crippen LogP contribution in [0.1, 0.15) is 53.6 Å². The summed E-state index contributed by atoms with van der Waals surface area (Å²) in [5.74, 6) is -0.456. The summed E-state index contributed by atoms with van der Waals surface area (Å²) in [6.45, 7) is 4.48. The molecule has 2 atom stereocenters. The normalized spacial score (nSPS) is 17.7. The number of nitrogens with zero attached hydrogens (tertiary/aromatic N) is 1. The molecule has 37 heavy (non-hydrogen) atoms. The molecule has 7 heteroatoms. The molecule has 1 aliphatic heterocycles. The van der Waals surface area contributed by atoms with Crippen LogP contribution < -0.4 is 15.0 Å². The second-order valence-electron chi connectivity index (χ2n) is 9.76. The topological polar surface area (TPSA) is 24.5 Å². The largest absolute Gasteiger partial charge is 0.483 e. The Morgan fingerprint density at radius 3 is 2.73 bits per heavy atom. The van der Waals surface area contributed by atoms with Gasteiger partial charge in [0.2, 0.25) is 0 Å². The Hall–Kier alpha value is -3.32. The molecule has 5 rings (SSSR count). The molecule has 0 aromatic heterocycles. The first kappa shape index (κ1) is 25.3. The summed E-state index contributed by atoms with van der Waals surface area (Å²) < 4.78 is 61.6. The van der Waals surface area contributed by atoms with E-state index in [2.05, 4.69) is 42.6 Å². The molecule has 2 unspecified atom stereocenters. The quantitative estimate of drug-likeness (QED) is 0.343. The van der Waals surface area contributed by atoms with Crippen molar-refractivity contribution in [2.24, 2.45) is 0 Å². The SMILES string of the molecule is Cc1ccc(N2CC(CCNC(C)c3cccc4c3C=CCC4)Oc3c(F)cccc32)cc1C(F)(F)F. The van der Waals surface area contributed by atoms with Crippen molar-refractivity contribution in [1.29, 1.82) is 0 Å². The van der Waals surface area contributed by atoms with Crippen LogP contribution in [-0.2, 0) is 12.6 Å². The number of halogens is 4. The van der Waals surface area contributed by atoms with Gasteiger partial charge in [0.25, 0.3) is 0 Å². The molecule has 0 spiro atoms. The maximum Gasteiger partial charge on any atom is 0.416 e. The number of para-hydroxylation sites is 1. The molecule has 2 aliphatic rings. The zero-order valence-electron chi connectivity index (χ0n) is 20.9. The van der Waals surface area contributed by atoms with Gasteiger partial charge in [-0.1, -0.05) is 42.5 Å². The van der Waals surface area contributed by atoms with E-state index in [1.807, 2.05) is 0 Å². The monoisotopic (exact) mass is 510 g/mol. The number of hydrogen-bond donors (Lipinski definition) is 1. The fourth-order valence-electron chi connectivity index (χ4n) is 5.25. The number of anilines is 2. The summed E-state index contributed by atoms with van der Waals surface area (Å²) in [5, 5.41) is 3.55. The van der Waals surface area contributed by atoms with Crippen molar-refractivity contribution in [1.82, 2.24) is 5.32 Å². The molecule has 0 saturated heterocycles. The fraction of sp³-hybridized carbons (Fsp3) is 0.333. The van der Waals surface area contributed by atoms with Crippen molar-refractivity contribution in [3.05, 3.63) is 94.3 Å². The van der Waals surface area contributed by atoms with Crippen molar-refractivity contribution in [2.45, 2.75) is 51.4 Å². The van der Waals surface area contributed by atoms with Gasteiger partial charge in [0, 0.05) is 11.7 Å². The third-order valence-corrected chi connectivity index (χ3v) is 7.22. The van der Waals surface area contributed by atoms with E-state index in [0.29, 0.717) is 30.9 Å². The fourth-order valence-corrected chi connectivity index (χ4v) is 5.25. The number of hydrogen-bond acceptors (Lipinski definition) is 3. The number of alkyl halides is 3. The van der Waals surface area contributed by atoms with E-state index in [0.717, 1.165) is 18.9 Å². The summed E-state index contributed by atoms with van der Waals surface area (Å²) in [4.78, 5) is 1.73. The first-order valence-electron chi connectivity index (χ1n) is 12.6. The van der Waals surface area contributed by atoms with E-state index < -0.39 is 23.7 Å². The molecular weight excluding hydrogens is 480 g/mol. The van der Waals surface area contributed by atoms with Crippen LogP contribution in [-0.4, -0.2) is 19.2 Å². The van der Waals surface area contributed by atoms with Crippen LogP contribution in [0.3, 0.4) is 0 Å². The van der Waals surface area contributed by atoms with Crippen LogP contribution in [0.2, 0.25) is 0 Å². The summed E-state index contributed by atoms with van der Waals surface area (Å²) >= 11 is 0. The van der Waals surface area contributed by atoms with Crippen LogP contribution in [0.15, 0.2) is 60.7 Å². The van der Waals surface area contributed by atoms with E-state index >= 15 is 0 Å². The van der Waals surface area contributed by atoms with Crippen LogP contribution in [0.25, 0.3) is 6.08 Å². The average molecular weight is 511 g/mol. The molecule has 1 N–H and O–H groups in total. The zero-order valence-corrected chi connectivity index (χ0v) is 20.9. The van der Waals surface area contributed by atoms with Crippen molar-refractivity contribution >= 4 is 17.5 Å². The third-order valence-electron chi connectivity index (χ3n) is 7.22. The number of aryl methyl sites for hydroxylation is 2. The molecule has 194 valence electrons. The highest BCUT2D eigenvalue weighted by molar-refractivity contribution is 5.71. The van der Waals surface area contributed by atoms with E-state index in [4.69, 9.17) is 4.74 Å². The Bertz CT molecular complexity index is 1320.